The van der Waals surface area contributed by atoms with E-state index in [1.807, 2.05) is 0 Å². The number of carboxylic acid groups (broad SMARTS) is 1. The molecule has 3 rings (SSSR count). The first-order valence-corrected chi connectivity index (χ1v) is 6.76. The molecule has 0 saturated heterocycles. The van der Waals surface area contributed by atoms with Gasteiger partial charge >= 0.3 is 5.97 Å². The van der Waals surface area contributed by atoms with Gasteiger partial charge in [0, 0.05) is 24.6 Å². The van der Waals surface area contributed by atoms with Crippen LogP contribution >= 0.6 is 0 Å². The lowest BCUT2D eigenvalue weighted by Crippen LogP contribution is -2.28. The van der Waals surface area contributed by atoms with Crippen LogP contribution in [0, 0.1) is 6.92 Å². The summed E-state index contributed by atoms with van der Waals surface area (Å²) in [7, 11) is 0. The molecule has 0 aliphatic heterocycles. The molecule has 0 amide bonds. The molecule has 0 fully saturated rings. The number of carbonyl (C=O) groups is 1. The standard InChI is InChI=1S/C16H17NO3/c1-10-12(7-15(20-10)16(18)19)8-17-9-13-6-11-4-2-3-5-14(11)13/h2-5,7,13,17H,6,8-9H2,1H3,(H,18,19). The van der Waals surface area contributed by atoms with Gasteiger partial charge in [-0.25, -0.2) is 4.79 Å². The second-order valence-electron chi connectivity index (χ2n) is 5.23. The predicted molar refractivity (Wildman–Crippen MR) is 75.0 cm³/mol. The fourth-order valence-electron chi connectivity index (χ4n) is 2.73. The molecule has 0 bridgehead atoms. The van der Waals surface area contributed by atoms with Crippen molar-refractivity contribution in [1.29, 1.82) is 0 Å². The van der Waals surface area contributed by atoms with Gasteiger partial charge in [0.15, 0.2) is 0 Å². The van der Waals surface area contributed by atoms with Gasteiger partial charge in [-0.1, -0.05) is 24.3 Å². The number of aryl methyl sites for hydroxylation is 1. The summed E-state index contributed by atoms with van der Waals surface area (Å²) in [5, 5.41) is 12.3. The van der Waals surface area contributed by atoms with Crippen molar-refractivity contribution in [1.82, 2.24) is 5.32 Å². The minimum absolute atomic E-state index is 0.00768. The van der Waals surface area contributed by atoms with Gasteiger partial charge in [0.25, 0.3) is 0 Å². The third-order valence-electron chi connectivity index (χ3n) is 3.90. The highest BCUT2D eigenvalue weighted by molar-refractivity contribution is 5.84. The number of furan rings is 1. The summed E-state index contributed by atoms with van der Waals surface area (Å²) in [6, 6.07) is 10.1. The van der Waals surface area contributed by atoms with Crippen molar-refractivity contribution in [2.75, 3.05) is 6.54 Å². The van der Waals surface area contributed by atoms with Crippen molar-refractivity contribution < 1.29 is 14.3 Å². The van der Waals surface area contributed by atoms with E-state index in [-0.39, 0.29) is 5.76 Å². The summed E-state index contributed by atoms with van der Waals surface area (Å²) in [6.45, 7) is 3.34. The highest BCUT2D eigenvalue weighted by atomic mass is 16.4. The molecular weight excluding hydrogens is 254 g/mol. The van der Waals surface area contributed by atoms with Gasteiger partial charge in [-0.15, -0.1) is 0 Å². The molecule has 2 N–H and O–H groups in total. The van der Waals surface area contributed by atoms with Crippen LogP contribution in [-0.4, -0.2) is 17.6 Å². The van der Waals surface area contributed by atoms with Gasteiger partial charge in [0.1, 0.15) is 5.76 Å². The zero-order valence-electron chi connectivity index (χ0n) is 11.3. The topological polar surface area (TPSA) is 62.5 Å². The molecule has 4 nitrogen and oxygen atoms in total. The first-order chi connectivity index (χ1) is 9.65. The maximum Gasteiger partial charge on any atom is 0.371 e. The normalized spacial score (nSPS) is 16.6. The van der Waals surface area contributed by atoms with Crippen LogP contribution in [0.3, 0.4) is 0 Å². The lowest BCUT2D eigenvalue weighted by Gasteiger charge is -2.30. The smallest absolute Gasteiger partial charge is 0.371 e. The van der Waals surface area contributed by atoms with Crippen LogP contribution in [0.4, 0.5) is 0 Å². The van der Waals surface area contributed by atoms with Gasteiger partial charge in [0.05, 0.1) is 0 Å². The zero-order chi connectivity index (χ0) is 14.1. The molecule has 1 aromatic heterocycles. The lowest BCUT2D eigenvalue weighted by atomic mass is 9.77. The van der Waals surface area contributed by atoms with Gasteiger partial charge < -0.3 is 14.8 Å². The average molecular weight is 271 g/mol. The summed E-state index contributed by atoms with van der Waals surface area (Å²) in [5.74, 6) is 0.224. The van der Waals surface area contributed by atoms with Gasteiger partial charge in [0.2, 0.25) is 5.76 Å². The number of rotatable bonds is 5. The van der Waals surface area contributed by atoms with Crippen LogP contribution in [-0.2, 0) is 13.0 Å². The molecule has 1 heterocycles. The fraction of sp³-hybridized carbons (Fsp3) is 0.312. The number of hydrogen-bond acceptors (Lipinski definition) is 3. The van der Waals surface area contributed by atoms with E-state index in [2.05, 4.69) is 29.6 Å². The number of carboxylic acids is 1. The van der Waals surface area contributed by atoms with Gasteiger partial charge in [-0.3, -0.25) is 0 Å². The molecule has 0 spiro atoms. The summed E-state index contributed by atoms with van der Waals surface area (Å²) in [5.41, 5.74) is 3.78. The first-order valence-electron chi connectivity index (χ1n) is 6.76. The van der Waals surface area contributed by atoms with E-state index in [1.54, 1.807) is 13.0 Å². The molecular formula is C16H17NO3. The monoisotopic (exact) mass is 271 g/mol. The van der Waals surface area contributed by atoms with E-state index in [4.69, 9.17) is 9.52 Å². The summed E-state index contributed by atoms with van der Waals surface area (Å²) >= 11 is 0. The number of nitrogens with one attached hydrogen (secondary N) is 1. The fourth-order valence-corrected chi connectivity index (χ4v) is 2.73. The van der Waals surface area contributed by atoms with Crippen molar-refractivity contribution >= 4 is 5.97 Å². The van der Waals surface area contributed by atoms with Crippen LogP contribution in [0.5, 0.6) is 0 Å². The largest absolute Gasteiger partial charge is 0.475 e. The van der Waals surface area contributed by atoms with Crippen molar-refractivity contribution in [3.63, 3.8) is 0 Å². The van der Waals surface area contributed by atoms with Crippen LogP contribution < -0.4 is 5.32 Å². The lowest BCUT2D eigenvalue weighted by molar-refractivity contribution is 0.0661. The first kappa shape index (κ1) is 12.9. The third-order valence-corrected chi connectivity index (χ3v) is 3.90. The Labute approximate surface area is 117 Å². The summed E-state index contributed by atoms with van der Waals surface area (Å²) in [6.07, 6.45) is 1.12. The molecule has 0 saturated carbocycles. The molecule has 1 aliphatic carbocycles. The minimum atomic E-state index is -1.02. The number of benzene rings is 1. The zero-order valence-corrected chi connectivity index (χ0v) is 11.3. The maximum absolute atomic E-state index is 10.8. The number of hydrogen-bond donors (Lipinski definition) is 2. The van der Waals surface area contributed by atoms with Crippen molar-refractivity contribution in [3.05, 3.63) is 58.5 Å². The highest BCUT2D eigenvalue weighted by Gasteiger charge is 2.24. The Hall–Kier alpha value is -2.07. The van der Waals surface area contributed by atoms with Crippen LogP contribution in [0.25, 0.3) is 0 Å². The molecule has 1 aliphatic rings. The van der Waals surface area contributed by atoms with E-state index >= 15 is 0 Å². The Morgan fingerprint density at radius 2 is 2.25 bits per heavy atom. The Bertz CT molecular complexity index is 645. The average Bonchev–Trinajstić information content (AvgIpc) is 2.77. The SMILES string of the molecule is Cc1oc(C(=O)O)cc1CNCC1Cc2ccccc21. The Morgan fingerprint density at radius 1 is 1.45 bits per heavy atom. The van der Waals surface area contributed by atoms with Gasteiger partial charge in [-0.2, -0.15) is 0 Å². The van der Waals surface area contributed by atoms with E-state index in [0.29, 0.717) is 18.2 Å². The second kappa shape index (κ2) is 5.13. The Balaban J connectivity index is 1.55. The molecule has 2 aromatic rings. The molecule has 4 heteroatoms. The molecule has 20 heavy (non-hydrogen) atoms. The van der Waals surface area contributed by atoms with E-state index in [9.17, 15) is 4.79 Å². The summed E-state index contributed by atoms with van der Waals surface area (Å²) in [4.78, 5) is 10.8. The third kappa shape index (κ3) is 2.34. The highest BCUT2D eigenvalue weighted by Crippen LogP contribution is 2.34. The second-order valence-corrected chi connectivity index (χ2v) is 5.23. The van der Waals surface area contributed by atoms with E-state index < -0.39 is 5.97 Å². The van der Waals surface area contributed by atoms with Gasteiger partial charge in [-0.05, 0) is 30.5 Å². The molecule has 1 aromatic carbocycles. The van der Waals surface area contributed by atoms with Crippen molar-refractivity contribution in [3.8, 4) is 0 Å². The Morgan fingerprint density at radius 3 is 2.95 bits per heavy atom. The maximum atomic E-state index is 10.8. The minimum Gasteiger partial charge on any atom is -0.475 e. The molecule has 0 radical (unpaired) electrons. The molecule has 1 unspecified atom stereocenters. The predicted octanol–water partition coefficient (Wildman–Crippen LogP) is 2.72. The van der Waals surface area contributed by atoms with E-state index in [0.717, 1.165) is 18.5 Å². The van der Waals surface area contributed by atoms with Crippen LogP contribution in [0.15, 0.2) is 34.7 Å². The van der Waals surface area contributed by atoms with Crippen LogP contribution in [0.1, 0.15) is 38.9 Å². The quantitative estimate of drug-likeness (QED) is 0.877. The van der Waals surface area contributed by atoms with Crippen molar-refractivity contribution in [2.24, 2.45) is 0 Å². The number of aromatic carboxylic acids is 1. The van der Waals surface area contributed by atoms with E-state index in [1.165, 1.54) is 11.1 Å². The summed E-state index contributed by atoms with van der Waals surface area (Å²) < 4.78 is 5.19. The Kier molecular flexibility index (Phi) is 3.32. The molecule has 1 atom stereocenters. The van der Waals surface area contributed by atoms with Crippen molar-refractivity contribution in [2.45, 2.75) is 25.8 Å². The number of fused-ring (bicyclic) bond motifs is 1. The van der Waals surface area contributed by atoms with Crippen LogP contribution in [0.2, 0.25) is 0 Å². The molecule has 104 valence electrons.